The van der Waals surface area contributed by atoms with Crippen LogP contribution < -0.4 is 10.2 Å². The fourth-order valence-electron chi connectivity index (χ4n) is 5.98. The molecule has 0 atom stereocenters. The normalized spacial score (nSPS) is 13.3. The summed E-state index contributed by atoms with van der Waals surface area (Å²) in [5, 5.41) is 10.1. The Kier molecular flexibility index (Phi) is 10.3. The van der Waals surface area contributed by atoms with E-state index in [-0.39, 0.29) is 30.6 Å². The third-order valence-electron chi connectivity index (χ3n) is 8.17. The van der Waals surface area contributed by atoms with Gasteiger partial charge in [-0.15, -0.1) is 12.4 Å². The Bertz CT molecular complexity index is 1890. The summed E-state index contributed by atoms with van der Waals surface area (Å²) in [5.41, 5.74) is 6.86. The van der Waals surface area contributed by atoms with Crippen LogP contribution in [0.5, 0.6) is 5.75 Å². The van der Waals surface area contributed by atoms with E-state index in [2.05, 4.69) is 10.0 Å². The molecule has 1 aliphatic carbocycles. The molecule has 0 spiro atoms. The van der Waals surface area contributed by atoms with Crippen LogP contribution in [0.3, 0.4) is 0 Å². The number of hydrogen-bond donors (Lipinski definition) is 2. The van der Waals surface area contributed by atoms with E-state index in [4.69, 9.17) is 26.2 Å². The molecule has 2 N–H and O–H groups in total. The van der Waals surface area contributed by atoms with Crippen molar-refractivity contribution in [3.05, 3.63) is 106 Å². The Morgan fingerprint density at radius 3 is 2.37 bits per heavy atom. The summed E-state index contributed by atoms with van der Waals surface area (Å²) in [4.78, 5) is 33.6. The Morgan fingerprint density at radius 1 is 0.957 bits per heavy atom. The molecule has 0 aliphatic heterocycles. The Labute approximate surface area is 276 Å². The van der Waals surface area contributed by atoms with Gasteiger partial charge in [-0.1, -0.05) is 49.1 Å². The summed E-state index contributed by atoms with van der Waals surface area (Å²) in [6.45, 7) is 0.0589. The van der Waals surface area contributed by atoms with Gasteiger partial charge in [-0.25, -0.2) is 19.6 Å². The van der Waals surface area contributed by atoms with E-state index in [9.17, 15) is 14.7 Å². The molecule has 1 amide bonds. The third-order valence-corrected chi connectivity index (χ3v) is 8.42. The highest BCUT2D eigenvalue weighted by Crippen LogP contribution is 2.38. The van der Waals surface area contributed by atoms with Crippen LogP contribution in [-0.4, -0.2) is 33.6 Å². The number of rotatable bonds is 9. The molecule has 0 saturated heterocycles. The first-order chi connectivity index (χ1) is 21.8. The number of aromatic nitrogens is 2. The number of carbonyl (C=O) groups excluding carboxylic acids is 1. The molecule has 0 unspecified atom stereocenters. The maximum atomic E-state index is 15.9. The van der Waals surface area contributed by atoms with Crippen molar-refractivity contribution >= 4 is 46.9 Å². The molecule has 0 bridgehead atoms. The maximum Gasteiger partial charge on any atom is 0.335 e. The van der Waals surface area contributed by atoms with E-state index in [1.54, 1.807) is 48.5 Å². The second-order valence-corrected chi connectivity index (χ2v) is 11.5. The molecule has 0 radical (unpaired) electrons. The third kappa shape index (κ3) is 6.87. The van der Waals surface area contributed by atoms with Gasteiger partial charge in [-0.05, 0) is 84.1 Å². The van der Waals surface area contributed by atoms with Gasteiger partial charge in [0.05, 0.1) is 29.3 Å². The first-order valence-electron chi connectivity index (χ1n) is 14.7. The van der Waals surface area contributed by atoms with E-state index < -0.39 is 17.7 Å². The molecular formula is C35H32Cl2FN3O5. The molecule has 1 aromatic heterocycles. The van der Waals surface area contributed by atoms with Crippen LogP contribution in [0.15, 0.2) is 78.9 Å². The van der Waals surface area contributed by atoms with Gasteiger partial charge in [-0.3, -0.25) is 9.63 Å². The van der Waals surface area contributed by atoms with Crippen molar-refractivity contribution in [2.45, 2.75) is 44.8 Å². The van der Waals surface area contributed by atoms with E-state index in [1.165, 1.54) is 19.2 Å². The van der Waals surface area contributed by atoms with Crippen molar-refractivity contribution in [3.8, 4) is 28.3 Å². The number of ether oxygens (including phenoxy) is 1. The van der Waals surface area contributed by atoms with E-state index >= 15 is 4.39 Å². The van der Waals surface area contributed by atoms with Crippen molar-refractivity contribution < 1.29 is 28.7 Å². The van der Waals surface area contributed by atoms with Crippen molar-refractivity contribution in [2.24, 2.45) is 0 Å². The van der Waals surface area contributed by atoms with E-state index in [0.717, 1.165) is 48.7 Å². The summed E-state index contributed by atoms with van der Waals surface area (Å²) in [6, 6.07) is 22.2. The molecule has 8 nitrogen and oxygen atoms in total. The summed E-state index contributed by atoms with van der Waals surface area (Å²) in [7, 11) is 1.36. The number of aromatic carboxylic acids is 1. The molecule has 46 heavy (non-hydrogen) atoms. The van der Waals surface area contributed by atoms with Crippen molar-refractivity contribution in [1.29, 1.82) is 0 Å². The molecule has 11 heteroatoms. The van der Waals surface area contributed by atoms with Crippen LogP contribution in [-0.2, 0) is 11.4 Å². The lowest BCUT2D eigenvalue weighted by molar-refractivity contribution is 0.0537. The number of nitrogens with one attached hydrogen (secondary N) is 1. The highest BCUT2D eigenvalue weighted by Gasteiger charge is 2.25. The van der Waals surface area contributed by atoms with Crippen molar-refractivity contribution in [2.75, 3.05) is 7.11 Å². The number of benzene rings is 4. The molecule has 5 aromatic rings. The van der Waals surface area contributed by atoms with Crippen LogP contribution in [0.25, 0.3) is 33.5 Å². The standard InChI is InChI=1S/C35H31ClFN3O5.ClH/c1-44-39-34(41)22-9-14-28(21-7-11-25(36)12-8-21)24(17-22)20-45-27-13-15-29(30(37)19-27)33-38-31-18-23(35(42)43)10-16-32(31)40(33)26-5-3-2-4-6-26;/h7-19,26H,2-6,20H2,1H3,(H,39,41)(H,42,43);1H. The predicted octanol–water partition coefficient (Wildman–Crippen LogP) is 8.66. The first-order valence-corrected chi connectivity index (χ1v) is 15.1. The highest BCUT2D eigenvalue weighted by atomic mass is 35.5. The minimum absolute atomic E-state index is 0. The maximum absolute atomic E-state index is 15.9. The lowest BCUT2D eigenvalue weighted by Gasteiger charge is -2.25. The molecule has 4 aromatic carbocycles. The van der Waals surface area contributed by atoms with Crippen LogP contribution in [0.4, 0.5) is 4.39 Å². The fraction of sp³-hybridized carbons (Fsp3) is 0.229. The lowest BCUT2D eigenvalue weighted by atomic mass is 9.94. The van der Waals surface area contributed by atoms with Gasteiger partial charge in [0, 0.05) is 22.7 Å². The van der Waals surface area contributed by atoms with Crippen LogP contribution in [0, 0.1) is 5.82 Å². The molecule has 1 saturated carbocycles. The van der Waals surface area contributed by atoms with Crippen LogP contribution >= 0.6 is 24.0 Å². The number of hydroxylamine groups is 1. The van der Waals surface area contributed by atoms with Crippen LogP contribution in [0.1, 0.15) is 64.4 Å². The van der Waals surface area contributed by atoms with Gasteiger partial charge in [-0.2, -0.15) is 0 Å². The largest absolute Gasteiger partial charge is 0.489 e. The van der Waals surface area contributed by atoms with Crippen LogP contribution in [0.2, 0.25) is 5.02 Å². The van der Waals surface area contributed by atoms with Gasteiger partial charge >= 0.3 is 5.97 Å². The number of carboxylic acid groups (broad SMARTS) is 1. The Morgan fingerprint density at radius 2 is 1.67 bits per heavy atom. The lowest BCUT2D eigenvalue weighted by Crippen LogP contribution is -2.22. The topological polar surface area (TPSA) is 103 Å². The second-order valence-electron chi connectivity index (χ2n) is 11.1. The molecular weight excluding hydrogens is 632 g/mol. The number of halogens is 3. The zero-order valence-electron chi connectivity index (χ0n) is 25.0. The zero-order valence-corrected chi connectivity index (χ0v) is 26.5. The highest BCUT2D eigenvalue weighted by molar-refractivity contribution is 6.30. The molecule has 1 aliphatic rings. The first kappa shape index (κ1) is 32.9. The Balaban J connectivity index is 0.00000417. The number of nitrogens with zero attached hydrogens (tertiary/aromatic N) is 2. The van der Waals surface area contributed by atoms with E-state index in [1.807, 2.05) is 18.2 Å². The second kappa shape index (κ2) is 14.3. The number of hydrogen-bond acceptors (Lipinski definition) is 5. The smallest absolute Gasteiger partial charge is 0.335 e. The van der Waals surface area contributed by atoms with Gasteiger partial charge < -0.3 is 14.4 Å². The summed E-state index contributed by atoms with van der Waals surface area (Å²) in [5.74, 6) is -1.19. The van der Waals surface area contributed by atoms with Gasteiger partial charge in [0.15, 0.2) is 0 Å². The van der Waals surface area contributed by atoms with Gasteiger partial charge in [0.2, 0.25) is 0 Å². The van der Waals surface area contributed by atoms with Gasteiger partial charge in [0.1, 0.15) is 24.0 Å². The van der Waals surface area contributed by atoms with Crippen molar-refractivity contribution in [1.82, 2.24) is 15.0 Å². The van der Waals surface area contributed by atoms with E-state index in [0.29, 0.717) is 38.8 Å². The SMILES string of the molecule is CONC(=O)c1ccc(-c2ccc(Cl)cc2)c(COc2ccc(-c3nc4cc(C(=O)O)ccc4n3C3CCCCC3)c(F)c2)c1.Cl. The number of imidazole rings is 1. The Hall–Kier alpha value is -4.44. The number of carboxylic acids is 1. The van der Waals surface area contributed by atoms with Crippen molar-refractivity contribution in [3.63, 3.8) is 0 Å². The minimum atomic E-state index is -1.04. The molecule has 6 rings (SSSR count). The predicted molar refractivity (Wildman–Crippen MR) is 177 cm³/mol. The summed E-state index contributed by atoms with van der Waals surface area (Å²) >= 11 is 6.09. The number of amides is 1. The average molecular weight is 665 g/mol. The average Bonchev–Trinajstić information content (AvgIpc) is 3.43. The number of carbonyl (C=O) groups is 2. The molecule has 1 heterocycles. The summed E-state index contributed by atoms with van der Waals surface area (Å²) in [6.07, 6.45) is 5.18. The van der Waals surface area contributed by atoms with Gasteiger partial charge in [0.25, 0.3) is 5.91 Å². The number of fused-ring (bicyclic) bond motifs is 1. The summed E-state index contributed by atoms with van der Waals surface area (Å²) < 4.78 is 24.0. The zero-order chi connectivity index (χ0) is 31.5. The fourth-order valence-corrected chi connectivity index (χ4v) is 6.10. The molecule has 1 fully saturated rings. The molecule has 238 valence electrons. The quantitative estimate of drug-likeness (QED) is 0.153. The monoisotopic (exact) mass is 663 g/mol. The minimum Gasteiger partial charge on any atom is -0.489 e.